The van der Waals surface area contributed by atoms with Gasteiger partial charge in [0.15, 0.2) is 0 Å². The number of anilines is 2. The highest BCUT2D eigenvalue weighted by Crippen LogP contribution is 2.20. The van der Waals surface area contributed by atoms with Crippen LogP contribution in [0.1, 0.15) is 19.8 Å². The van der Waals surface area contributed by atoms with Crippen LogP contribution >= 0.6 is 22.6 Å². The van der Waals surface area contributed by atoms with E-state index >= 15 is 0 Å². The Labute approximate surface area is 115 Å². The molecule has 0 spiro atoms. The van der Waals surface area contributed by atoms with E-state index in [0.717, 1.165) is 22.2 Å². The largest absolute Gasteiger partial charge is 0.397 e. The lowest BCUT2D eigenvalue weighted by Gasteiger charge is -2.09. The maximum atomic E-state index is 11.3. The summed E-state index contributed by atoms with van der Waals surface area (Å²) in [6.07, 6.45) is 1.43. The molecule has 5 heteroatoms. The van der Waals surface area contributed by atoms with E-state index in [4.69, 9.17) is 5.73 Å². The van der Waals surface area contributed by atoms with Crippen LogP contribution in [0.15, 0.2) is 18.2 Å². The van der Waals surface area contributed by atoms with Gasteiger partial charge in [-0.25, -0.2) is 0 Å². The van der Waals surface area contributed by atoms with Crippen molar-refractivity contribution in [2.75, 3.05) is 24.1 Å². The molecule has 0 saturated carbocycles. The first-order valence-corrected chi connectivity index (χ1v) is 6.77. The SMILES string of the molecule is CCCNC(=O)CCNc1ccc(I)cc1N. The fourth-order valence-electron chi connectivity index (χ4n) is 1.36. The second-order valence-corrected chi connectivity index (χ2v) is 5.00. The smallest absolute Gasteiger partial charge is 0.221 e. The second kappa shape index (κ2) is 7.37. The predicted molar refractivity (Wildman–Crippen MR) is 80.0 cm³/mol. The number of carbonyl (C=O) groups is 1. The van der Waals surface area contributed by atoms with E-state index in [2.05, 4.69) is 33.2 Å². The van der Waals surface area contributed by atoms with Gasteiger partial charge in [0.05, 0.1) is 11.4 Å². The van der Waals surface area contributed by atoms with Crippen molar-refractivity contribution >= 4 is 39.9 Å². The fraction of sp³-hybridized carbons (Fsp3) is 0.417. The molecule has 0 unspecified atom stereocenters. The Kier molecular flexibility index (Phi) is 6.10. The standard InChI is InChI=1S/C12H18IN3O/c1-2-6-16-12(17)5-7-15-11-4-3-9(13)8-10(11)14/h3-4,8,15H,2,5-7,14H2,1H3,(H,16,17). The van der Waals surface area contributed by atoms with Gasteiger partial charge < -0.3 is 16.4 Å². The van der Waals surface area contributed by atoms with E-state index in [1.54, 1.807) is 0 Å². The van der Waals surface area contributed by atoms with Crippen molar-refractivity contribution in [3.05, 3.63) is 21.8 Å². The van der Waals surface area contributed by atoms with E-state index in [1.807, 2.05) is 25.1 Å². The number of nitrogens with two attached hydrogens (primary N) is 1. The molecule has 1 amide bonds. The molecule has 1 aromatic rings. The Morgan fingerprint density at radius 2 is 2.18 bits per heavy atom. The Hall–Kier alpha value is -0.980. The summed E-state index contributed by atoms with van der Waals surface area (Å²) in [5.74, 6) is 0.0726. The van der Waals surface area contributed by atoms with Crippen molar-refractivity contribution in [2.45, 2.75) is 19.8 Å². The molecule has 0 bridgehead atoms. The van der Waals surface area contributed by atoms with Gasteiger partial charge in [0.25, 0.3) is 0 Å². The number of hydrogen-bond acceptors (Lipinski definition) is 3. The van der Waals surface area contributed by atoms with Gasteiger partial charge in [0.1, 0.15) is 0 Å². The van der Waals surface area contributed by atoms with Crippen molar-refractivity contribution in [3.63, 3.8) is 0 Å². The molecule has 4 N–H and O–H groups in total. The van der Waals surface area contributed by atoms with Gasteiger partial charge in [-0.05, 0) is 47.2 Å². The van der Waals surface area contributed by atoms with Crippen LogP contribution in [0.3, 0.4) is 0 Å². The van der Waals surface area contributed by atoms with Gasteiger partial charge in [-0.15, -0.1) is 0 Å². The molecule has 94 valence electrons. The van der Waals surface area contributed by atoms with Crippen molar-refractivity contribution in [1.82, 2.24) is 5.32 Å². The van der Waals surface area contributed by atoms with Gasteiger partial charge in [-0.1, -0.05) is 6.92 Å². The molecule has 1 aromatic carbocycles. The maximum absolute atomic E-state index is 11.3. The van der Waals surface area contributed by atoms with Crippen LogP contribution in [0.25, 0.3) is 0 Å². The Bertz CT molecular complexity index is 382. The number of benzene rings is 1. The number of carbonyl (C=O) groups excluding carboxylic acids is 1. The number of halogens is 1. The number of amides is 1. The third kappa shape index (κ3) is 5.25. The molecule has 0 fully saturated rings. The highest BCUT2D eigenvalue weighted by atomic mass is 127. The summed E-state index contributed by atoms with van der Waals surface area (Å²) in [6.45, 7) is 3.37. The lowest BCUT2D eigenvalue weighted by atomic mass is 10.2. The van der Waals surface area contributed by atoms with Gasteiger partial charge >= 0.3 is 0 Å². The second-order valence-electron chi connectivity index (χ2n) is 3.76. The highest BCUT2D eigenvalue weighted by molar-refractivity contribution is 14.1. The molecule has 17 heavy (non-hydrogen) atoms. The van der Waals surface area contributed by atoms with Crippen molar-refractivity contribution in [3.8, 4) is 0 Å². The van der Waals surface area contributed by atoms with E-state index in [0.29, 0.717) is 18.7 Å². The molecule has 0 heterocycles. The molecule has 0 aliphatic rings. The molecular formula is C12H18IN3O. The minimum atomic E-state index is 0.0726. The van der Waals surface area contributed by atoms with E-state index < -0.39 is 0 Å². The number of hydrogen-bond donors (Lipinski definition) is 3. The Morgan fingerprint density at radius 3 is 2.82 bits per heavy atom. The first kappa shape index (κ1) is 14.1. The fourth-order valence-corrected chi connectivity index (χ4v) is 1.87. The van der Waals surface area contributed by atoms with E-state index in [9.17, 15) is 4.79 Å². The van der Waals surface area contributed by atoms with E-state index in [-0.39, 0.29) is 5.91 Å². The molecule has 0 saturated heterocycles. The summed E-state index contributed by atoms with van der Waals surface area (Å²) in [4.78, 5) is 11.3. The van der Waals surface area contributed by atoms with Crippen LogP contribution in [-0.4, -0.2) is 19.0 Å². The highest BCUT2D eigenvalue weighted by Gasteiger charge is 2.02. The molecule has 4 nitrogen and oxygen atoms in total. The Morgan fingerprint density at radius 1 is 1.41 bits per heavy atom. The average Bonchev–Trinajstić information content (AvgIpc) is 2.29. The topological polar surface area (TPSA) is 67.2 Å². The zero-order valence-electron chi connectivity index (χ0n) is 9.92. The lowest BCUT2D eigenvalue weighted by molar-refractivity contribution is -0.120. The quantitative estimate of drug-likeness (QED) is 0.546. The maximum Gasteiger partial charge on any atom is 0.221 e. The number of rotatable bonds is 6. The van der Waals surface area contributed by atoms with Crippen LogP contribution in [0.5, 0.6) is 0 Å². The summed E-state index contributed by atoms with van der Waals surface area (Å²) in [6, 6.07) is 5.82. The molecule has 0 aliphatic heterocycles. The first-order chi connectivity index (χ1) is 8.13. The van der Waals surface area contributed by atoms with Crippen molar-refractivity contribution in [1.29, 1.82) is 0 Å². The van der Waals surface area contributed by atoms with Gasteiger partial charge in [-0.3, -0.25) is 4.79 Å². The van der Waals surface area contributed by atoms with Gasteiger partial charge in [0.2, 0.25) is 5.91 Å². The number of nitrogen functional groups attached to an aromatic ring is 1. The van der Waals surface area contributed by atoms with Crippen LogP contribution < -0.4 is 16.4 Å². The van der Waals surface area contributed by atoms with E-state index in [1.165, 1.54) is 0 Å². The lowest BCUT2D eigenvalue weighted by Crippen LogP contribution is -2.25. The molecule has 0 radical (unpaired) electrons. The summed E-state index contributed by atoms with van der Waals surface area (Å²) < 4.78 is 1.10. The first-order valence-electron chi connectivity index (χ1n) is 5.69. The summed E-state index contributed by atoms with van der Waals surface area (Å²) >= 11 is 2.21. The predicted octanol–water partition coefficient (Wildman–Crippen LogP) is 2.20. The molecule has 0 atom stereocenters. The average molecular weight is 347 g/mol. The van der Waals surface area contributed by atoms with Crippen LogP contribution in [0.2, 0.25) is 0 Å². The third-order valence-electron chi connectivity index (χ3n) is 2.25. The molecule has 0 aliphatic carbocycles. The van der Waals surface area contributed by atoms with Crippen LogP contribution in [0, 0.1) is 3.57 Å². The monoisotopic (exact) mass is 347 g/mol. The summed E-state index contributed by atoms with van der Waals surface area (Å²) in [5.41, 5.74) is 7.45. The molecular weight excluding hydrogens is 329 g/mol. The number of nitrogens with one attached hydrogen (secondary N) is 2. The van der Waals surface area contributed by atoms with Crippen molar-refractivity contribution in [2.24, 2.45) is 0 Å². The van der Waals surface area contributed by atoms with Crippen molar-refractivity contribution < 1.29 is 4.79 Å². The molecule has 0 aromatic heterocycles. The Balaban J connectivity index is 2.33. The van der Waals surface area contributed by atoms with Gasteiger partial charge in [0, 0.05) is 23.1 Å². The van der Waals surface area contributed by atoms with Crippen LogP contribution in [-0.2, 0) is 4.79 Å². The third-order valence-corrected chi connectivity index (χ3v) is 2.92. The normalized spacial score (nSPS) is 10.0. The summed E-state index contributed by atoms with van der Waals surface area (Å²) in [7, 11) is 0. The zero-order chi connectivity index (χ0) is 12.7. The molecule has 1 rings (SSSR count). The van der Waals surface area contributed by atoms with Crippen LogP contribution in [0.4, 0.5) is 11.4 Å². The minimum Gasteiger partial charge on any atom is -0.397 e. The zero-order valence-corrected chi connectivity index (χ0v) is 12.1. The minimum absolute atomic E-state index is 0.0726. The van der Waals surface area contributed by atoms with Gasteiger partial charge in [-0.2, -0.15) is 0 Å². The summed E-state index contributed by atoms with van der Waals surface area (Å²) in [5, 5.41) is 5.99.